The van der Waals surface area contributed by atoms with Crippen LogP contribution in [0.4, 0.5) is 0 Å². The third kappa shape index (κ3) is 3.80. The highest BCUT2D eigenvalue weighted by molar-refractivity contribution is 6.19. The third-order valence-corrected chi connectivity index (χ3v) is 1.97. The van der Waals surface area contributed by atoms with Crippen molar-refractivity contribution in [2.45, 2.75) is 13.8 Å². The molecule has 0 aliphatic heterocycles. The molecule has 0 amide bonds. The quantitative estimate of drug-likeness (QED) is 0.645. The molecule has 1 rings (SSSR count). The van der Waals surface area contributed by atoms with Gasteiger partial charge < -0.3 is 0 Å². The lowest BCUT2D eigenvalue weighted by molar-refractivity contribution is 1.42. The fourth-order valence-corrected chi connectivity index (χ4v) is 1.31. The average molecular weight is 207 g/mol. The molecule has 0 aliphatic carbocycles. The molecule has 0 unspecified atom stereocenters. The van der Waals surface area contributed by atoms with E-state index >= 15 is 0 Å². The van der Waals surface area contributed by atoms with E-state index in [1.807, 2.05) is 12.2 Å². The minimum absolute atomic E-state index is 0.565. The molecule has 74 valence electrons. The molecule has 0 N–H and O–H groups in total. The standard InChI is InChI=1S/C13H15Cl/c1-11(2)10-13-7-5-12(6-8-13)4-3-9-14/h3-8,10H,9H2,1-2H3/b4-3+. The second kappa shape index (κ2) is 5.66. The van der Waals surface area contributed by atoms with Crippen molar-refractivity contribution in [1.82, 2.24) is 0 Å². The Morgan fingerprint density at radius 3 is 2.21 bits per heavy atom. The first-order valence-corrected chi connectivity index (χ1v) is 5.23. The van der Waals surface area contributed by atoms with E-state index in [1.165, 1.54) is 16.7 Å². The molecule has 14 heavy (non-hydrogen) atoms. The molecule has 0 saturated heterocycles. The molecule has 0 aliphatic rings. The Hall–Kier alpha value is -1.01. The minimum Gasteiger partial charge on any atom is -0.122 e. The zero-order valence-corrected chi connectivity index (χ0v) is 9.38. The molecule has 0 nitrogen and oxygen atoms in total. The summed E-state index contributed by atoms with van der Waals surface area (Å²) in [5, 5.41) is 0. The maximum absolute atomic E-state index is 5.56. The van der Waals surface area contributed by atoms with Crippen LogP contribution in [-0.2, 0) is 0 Å². The Morgan fingerprint density at radius 2 is 1.71 bits per heavy atom. The van der Waals surface area contributed by atoms with Gasteiger partial charge in [0, 0.05) is 5.88 Å². The molecule has 1 aromatic carbocycles. The maximum Gasteiger partial charge on any atom is 0.0407 e. The van der Waals surface area contributed by atoms with Crippen molar-refractivity contribution in [2.75, 3.05) is 5.88 Å². The highest BCUT2D eigenvalue weighted by Gasteiger charge is 1.88. The molecule has 1 aromatic rings. The summed E-state index contributed by atoms with van der Waals surface area (Å²) in [5.74, 6) is 0.565. The van der Waals surface area contributed by atoms with Crippen molar-refractivity contribution in [3.63, 3.8) is 0 Å². The molecule has 1 heteroatoms. The van der Waals surface area contributed by atoms with Crippen LogP contribution in [0.1, 0.15) is 25.0 Å². The Balaban J connectivity index is 2.78. The van der Waals surface area contributed by atoms with E-state index in [-0.39, 0.29) is 0 Å². The molecule has 0 atom stereocenters. The topological polar surface area (TPSA) is 0 Å². The third-order valence-electron chi connectivity index (χ3n) is 1.79. The van der Waals surface area contributed by atoms with E-state index in [0.29, 0.717) is 5.88 Å². The van der Waals surface area contributed by atoms with Gasteiger partial charge in [0.1, 0.15) is 0 Å². The monoisotopic (exact) mass is 206 g/mol. The van der Waals surface area contributed by atoms with E-state index < -0.39 is 0 Å². The summed E-state index contributed by atoms with van der Waals surface area (Å²) in [5.41, 5.74) is 3.75. The van der Waals surface area contributed by atoms with Crippen LogP contribution in [0.2, 0.25) is 0 Å². The first-order chi connectivity index (χ1) is 6.72. The zero-order valence-electron chi connectivity index (χ0n) is 8.63. The first kappa shape index (κ1) is 11.1. The van der Waals surface area contributed by atoms with Crippen molar-refractivity contribution >= 4 is 23.8 Å². The SMILES string of the molecule is CC(C)=Cc1ccc(/C=C/CCl)cc1. The number of benzene rings is 1. The summed E-state index contributed by atoms with van der Waals surface area (Å²) in [7, 11) is 0. The van der Waals surface area contributed by atoms with Gasteiger partial charge >= 0.3 is 0 Å². The number of hydrogen-bond acceptors (Lipinski definition) is 0. The van der Waals surface area contributed by atoms with Crippen LogP contribution in [0.15, 0.2) is 35.9 Å². The van der Waals surface area contributed by atoms with Crippen LogP contribution in [0.3, 0.4) is 0 Å². The molecule has 0 saturated carbocycles. The van der Waals surface area contributed by atoms with Gasteiger partial charge in [-0.1, -0.05) is 48.1 Å². The Bertz CT molecular complexity index is 327. The van der Waals surface area contributed by atoms with E-state index in [4.69, 9.17) is 11.6 Å². The van der Waals surface area contributed by atoms with E-state index in [9.17, 15) is 0 Å². The molecule has 0 spiro atoms. The second-order valence-electron chi connectivity index (χ2n) is 3.45. The summed E-state index contributed by atoms with van der Waals surface area (Å²) in [4.78, 5) is 0. The Kier molecular flexibility index (Phi) is 4.48. The van der Waals surface area contributed by atoms with Gasteiger partial charge in [0.15, 0.2) is 0 Å². The minimum atomic E-state index is 0.565. The van der Waals surface area contributed by atoms with E-state index in [2.05, 4.69) is 44.2 Å². The predicted octanol–water partition coefficient (Wildman–Crippen LogP) is 4.36. The van der Waals surface area contributed by atoms with Gasteiger partial charge in [-0.05, 0) is 25.0 Å². The number of alkyl halides is 1. The lowest BCUT2D eigenvalue weighted by Crippen LogP contribution is -1.75. The van der Waals surface area contributed by atoms with Crippen LogP contribution >= 0.6 is 11.6 Å². The van der Waals surface area contributed by atoms with Crippen molar-refractivity contribution in [2.24, 2.45) is 0 Å². The Labute approximate surface area is 90.9 Å². The molecular formula is C13H15Cl. The normalized spacial score (nSPS) is 10.5. The lowest BCUT2D eigenvalue weighted by Gasteiger charge is -1.96. The van der Waals surface area contributed by atoms with Gasteiger partial charge in [0.2, 0.25) is 0 Å². The number of hydrogen-bond donors (Lipinski definition) is 0. The summed E-state index contributed by atoms with van der Waals surface area (Å²) in [6.07, 6.45) is 6.13. The molecular weight excluding hydrogens is 192 g/mol. The number of allylic oxidation sites excluding steroid dienone is 2. The summed E-state index contributed by atoms with van der Waals surface area (Å²) >= 11 is 5.56. The van der Waals surface area contributed by atoms with E-state index in [0.717, 1.165) is 0 Å². The molecule has 0 radical (unpaired) electrons. The fourth-order valence-electron chi connectivity index (χ4n) is 1.22. The molecule has 0 fully saturated rings. The highest BCUT2D eigenvalue weighted by Crippen LogP contribution is 2.09. The van der Waals surface area contributed by atoms with Crippen LogP contribution in [0.5, 0.6) is 0 Å². The smallest absolute Gasteiger partial charge is 0.0407 e. The average Bonchev–Trinajstić information content (AvgIpc) is 2.16. The fraction of sp³-hybridized carbons (Fsp3) is 0.231. The van der Waals surface area contributed by atoms with Crippen molar-refractivity contribution < 1.29 is 0 Å². The zero-order chi connectivity index (χ0) is 10.4. The van der Waals surface area contributed by atoms with Gasteiger partial charge in [-0.3, -0.25) is 0 Å². The summed E-state index contributed by atoms with van der Waals surface area (Å²) in [6.45, 7) is 4.20. The van der Waals surface area contributed by atoms with Gasteiger partial charge in [-0.2, -0.15) is 0 Å². The molecule has 0 bridgehead atoms. The maximum atomic E-state index is 5.56. The largest absolute Gasteiger partial charge is 0.122 e. The van der Waals surface area contributed by atoms with Crippen molar-refractivity contribution in [3.05, 3.63) is 47.0 Å². The van der Waals surface area contributed by atoms with Crippen molar-refractivity contribution in [1.29, 1.82) is 0 Å². The van der Waals surface area contributed by atoms with Gasteiger partial charge in [-0.15, -0.1) is 11.6 Å². The number of halogens is 1. The first-order valence-electron chi connectivity index (χ1n) is 4.70. The van der Waals surface area contributed by atoms with Crippen molar-refractivity contribution in [3.8, 4) is 0 Å². The van der Waals surface area contributed by atoms with E-state index in [1.54, 1.807) is 0 Å². The highest BCUT2D eigenvalue weighted by atomic mass is 35.5. The number of rotatable bonds is 3. The van der Waals surface area contributed by atoms with Gasteiger partial charge in [-0.25, -0.2) is 0 Å². The Morgan fingerprint density at radius 1 is 1.14 bits per heavy atom. The molecule has 0 aromatic heterocycles. The summed E-state index contributed by atoms with van der Waals surface area (Å²) < 4.78 is 0. The van der Waals surface area contributed by atoms with Crippen LogP contribution in [0.25, 0.3) is 12.2 Å². The van der Waals surface area contributed by atoms with Gasteiger partial charge in [0.25, 0.3) is 0 Å². The van der Waals surface area contributed by atoms with Gasteiger partial charge in [0.05, 0.1) is 0 Å². The van der Waals surface area contributed by atoms with Crippen LogP contribution in [0, 0.1) is 0 Å². The second-order valence-corrected chi connectivity index (χ2v) is 3.75. The lowest BCUT2D eigenvalue weighted by atomic mass is 10.1. The van der Waals surface area contributed by atoms with Crippen LogP contribution in [-0.4, -0.2) is 5.88 Å². The molecule has 0 heterocycles. The van der Waals surface area contributed by atoms with Crippen LogP contribution < -0.4 is 0 Å². The predicted molar refractivity (Wildman–Crippen MR) is 65.5 cm³/mol. The summed E-state index contributed by atoms with van der Waals surface area (Å²) in [6, 6.07) is 8.41.